The third-order valence-corrected chi connectivity index (χ3v) is 9.82. The molecule has 3 heterocycles. The van der Waals surface area contributed by atoms with Crippen molar-refractivity contribution < 1.29 is 0 Å². The van der Waals surface area contributed by atoms with Gasteiger partial charge in [0.1, 0.15) is 6.07 Å². The number of fused-ring (bicyclic) bond motifs is 7. The first-order chi connectivity index (χ1) is 25.8. The SMILES string of the molecule is N#Cc1ccccc1-n1c2ccccc2c2c1ccc1c3ccccc3n(-c3ccccc3-c3nc(-c4ccccc4)nc(-c4ccccc4)n3)c12. The van der Waals surface area contributed by atoms with Crippen LogP contribution < -0.4 is 0 Å². The molecule has 10 rings (SSSR count). The topological polar surface area (TPSA) is 72.3 Å². The van der Waals surface area contributed by atoms with Crippen molar-refractivity contribution in [1.29, 1.82) is 5.26 Å². The van der Waals surface area contributed by atoms with Crippen LogP contribution in [0.1, 0.15) is 5.56 Å². The quantitative estimate of drug-likeness (QED) is 0.184. The minimum absolute atomic E-state index is 0.590. The van der Waals surface area contributed by atoms with Crippen LogP contribution in [-0.2, 0) is 0 Å². The minimum atomic E-state index is 0.590. The molecule has 0 saturated heterocycles. The van der Waals surface area contributed by atoms with Crippen LogP contribution in [0, 0.1) is 11.3 Å². The zero-order valence-electron chi connectivity index (χ0n) is 27.8. The molecule has 0 aliphatic carbocycles. The maximum absolute atomic E-state index is 10.2. The van der Waals surface area contributed by atoms with E-state index in [-0.39, 0.29) is 0 Å². The molecule has 0 radical (unpaired) electrons. The van der Waals surface area contributed by atoms with E-state index in [1.165, 1.54) is 0 Å². The summed E-state index contributed by atoms with van der Waals surface area (Å²) < 4.78 is 4.59. The summed E-state index contributed by atoms with van der Waals surface area (Å²) in [5.74, 6) is 1.82. The van der Waals surface area contributed by atoms with Gasteiger partial charge in [0.15, 0.2) is 17.5 Å². The fourth-order valence-corrected chi connectivity index (χ4v) is 7.57. The molecule has 0 saturated carbocycles. The third-order valence-electron chi connectivity index (χ3n) is 9.82. The number of nitriles is 1. The highest BCUT2D eigenvalue weighted by molar-refractivity contribution is 6.26. The maximum Gasteiger partial charge on any atom is 0.166 e. The molecule has 0 fully saturated rings. The average molecular weight is 665 g/mol. The van der Waals surface area contributed by atoms with Crippen LogP contribution in [0.2, 0.25) is 0 Å². The van der Waals surface area contributed by atoms with Gasteiger partial charge in [-0.2, -0.15) is 5.26 Å². The van der Waals surface area contributed by atoms with Crippen LogP contribution in [0.4, 0.5) is 0 Å². The Labute approximate surface area is 299 Å². The van der Waals surface area contributed by atoms with E-state index in [9.17, 15) is 5.26 Å². The highest BCUT2D eigenvalue weighted by Gasteiger charge is 2.23. The predicted octanol–water partition coefficient (Wildman–Crippen LogP) is 10.9. The molecular weight excluding hydrogens is 637 g/mol. The number of hydrogen-bond donors (Lipinski definition) is 0. The summed E-state index contributed by atoms with van der Waals surface area (Å²) in [4.78, 5) is 15.2. The van der Waals surface area contributed by atoms with E-state index in [4.69, 9.17) is 15.0 Å². The van der Waals surface area contributed by atoms with Gasteiger partial charge in [-0.15, -0.1) is 0 Å². The van der Waals surface area contributed by atoms with Crippen molar-refractivity contribution in [2.24, 2.45) is 0 Å². The molecule has 0 amide bonds. The van der Waals surface area contributed by atoms with Gasteiger partial charge in [-0.25, -0.2) is 15.0 Å². The Hall–Kier alpha value is -7.36. The van der Waals surface area contributed by atoms with Gasteiger partial charge in [-0.1, -0.05) is 127 Å². The largest absolute Gasteiger partial charge is 0.308 e. The first kappa shape index (κ1) is 29.5. The Morgan fingerprint density at radius 3 is 1.63 bits per heavy atom. The molecule has 6 nitrogen and oxygen atoms in total. The lowest BCUT2D eigenvalue weighted by Crippen LogP contribution is -2.03. The summed E-state index contributed by atoms with van der Waals surface area (Å²) >= 11 is 0. The number of hydrogen-bond acceptors (Lipinski definition) is 4. The van der Waals surface area contributed by atoms with Gasteiger partial charge in [-0.05, 0) is 42.5 Å². The summed E-state index contributed by atoms with van der Waals surface area (Å²) in [7, 11) is 0. The lowest BCUT2D eigenvalue weighted by molar-refractivity contribution is 1.06. The zero-order chi connectivity index (χ0) is 34.6. The first-order valence-corrected chi connectivity index (χ1v) is 17.2. The molecule has 0 atom stereocenters. The van der Waals surface area contributed by atoms with Crippen molar-refractivity contribution >= 4 is 43.6 Å². The predicted molar refractivity (Wildman–Crippen MR) is 210 cm³/mol. The molecule has 6 heteroatoms. The van der Waals surface area contributed by atoms with Crippen LogP contribution in [-0.4, -0.2) is 24.1 Å². The summed E-state index contributed by atoms with van der Waals surface area (Å²) in [5.41, 5.74) is 9.38. The summed E-state index contributed by atoms with van der Waals surface area (Å²) in [5, 5.41) is 14.7. The van der Waals surface area contributed by atoms with E-state index < -0.39 is 0 Å². The van der Waals surface area contributed by atoms with Gasteiger partial charge < -0.3 is 9.13 Å². The standard InChI is InChI=1S/C46H28N6/c47-29-32-19-7-11-23-37(32)51-39-25-13-9-21-35(39)42-41(51)28-27-34-33-20-8-12-24-38(33)52(43(34)42)40-26-14-10-22-36(40)46-49-44(30-15-3-1-4-16-30)48-45(50-46)31-17-5-2-6-18-31/h1-28H. The Morgan fingerprint density at radius 2 is 0.942 bits per heavy atom. The molecule has 242 valence electrons. The number of aromatic nitrogens is 5. The van der Waals surface area contributed by atoms with Crippen molar-refractivity contribution in [3.8, 4) is 51.6 Å². The van der Waals surface area contributed by atoms with Gasteiger partial charge in [-0.3, -0.25) is 0 Å². The zero-order valence-corrected chi connectivity index (χ0v) is 27.8. The van der Waals surface area contributed by atoms with Crippen LogP contribution in [0.15, 0.2) is 170 Å². The maximum atomic E-state index is 10.2. The Balaban J connectivity index is 1.32. The van der Waals surface area contributed by atoms with Gasteiger partial charge >= 0.3 is 0 Å². The number of nitrogens with zero attached hydrogens (tertiary/aromatic N) is 6. The van der Waals surface area contributed by atoms with Crippen LogP contribution in [0.25, 0.3) is 89.2 Å². The molecule has 52 heavy (non-hydrogen) atoms. The van der Waals surface area contributed by atoms with E-state index in [1.807, 2.05) is 91.0 Å². The van der Waals surface area contributed by atoms with Crippen molar-refractivity contribution in [2.75, 3.05) is 0 Å². The Kier molecular flexibility index (Phi) is 6.76. The van der Waals surface area contributed by atoms with E-state index in [0.717, 1.165) is 71.7 Å². The number of rotatable bonds is 5. The molecule has 10 aromatic rings. The minimum Gasteiger partial charge on any atom is -0.308 e. The van der Waals surface area contributed by atoms with E-state index in [1.54, 1.807) is 0 Å². The van der Waals surface area contributed by atoms with E-state index >= 15 is 0 Å². The molecule has 0 unspecified atom stereocenters. The summed E-state index contributed by atoms with van der Waals surface area (Å²) in [6.45, 7) is 0. The number of para-hydroxylation sites is 4. The lowest BCUT2D eigenvalue weighted by Gasteiger charge is -2.15. The van der Waals surface area contributed by atoms with E-state index in [0.29, 0.717) is 23.0 Å². The normalized spacial score (nSPS) is 11.4. The van der Waals surface area contributed by atoms with Gasteiger partial charge in [0.2, 0.25) is 0 Å². The van der Waals surface area contributed by atoms with Crippen LogP contribution in [0.3, 0.4) is 0 Å². The molecule has 0 spiro atoms. The van der Waals surface area contributed by atoms with Crippen molar-refractivity contribution in [2.45, 2.75) is 0 Å². The second kappa shape index (κ2) is 11.9. The number of benzene rings is 7. The molecule has 0 aliphatic rings. The van der Waals surface area contributed by atoms with Crippen molar-refractivity contribution in [3.05, 3.63) is 175 Å². The Morgan fingerprint density at radius 1 is 0.404 bits per heavy atom. The first-order valence-electron chi connectivity index (χ1n) is 17.2. The average Bonchev–Trinajstić information content (AvgIpc) is 3.74. The molecule has 0 N–H and O–H groups in total. The highest BCUT2D eigenvalue weighted by Crippen LogP contribution is 2.43. The van der Waals surface area contributed by atoms with Crippen LogP contribution >= 0.6 is 0 Å². The lowest BCUT2D eigenvalue weighted by atomic mass is 10.1. The molecule has 0 aliphatic heterocycles. The summed E-state index contributed by atoms with van der Waals surface area (Å²) in [6.07, 6.45) is 0. The Bertz CT molecular complexity index is 2970. The smallest absolute Gasteiger partial charge is 0.166 e. The van der Waals surface area contributed by atoms with Crippen molar-refractivity contribution in [1.82, 2.24) is 24.1 Å². The highest BCUT2D eigenvalue weighted by atomic mass is 15.1. The van der Waals surface area contributed by atoms with Crippen LogP contribution in [0.5, 0.6) is 0 Å². The second-order valence-corrected chi connectivity index (χ2v) is 12.7. The second-order valence-electron chi connectivity index (χ2n) is 12.7. The molecule has 0 bridgehead atoms. The molecule has 7 aromatic carbocycles. The van der Waals surface area contributed by atoms with Gasteiger partial charge in [0.25, 0.3) is 0 Å². The van der Waals surface area contributed by atoms with Gasteiger partial charge in [0, 0.05) is 38.2 Å². The molecule has 3 aromatic heterocycles. The van der Waals surface area contributed by atoms with Gasteiger partial charge in [0.05, 0.1) is 39.0 Å². The van der Waals surface area contributed by atoms with E-state index in [2.05, 4.69) is 94.1 Å². The molecular formula is C46H28N6. The fourth-order valence-electron chi connectivity index (χ4n) is 7.57. The van der Waals surface area contributed by atoms with Crippen molar-refractivity contribution in [3.63, 3.8) is 0 Å². The third kappa shape index (κ3) is 4.54. The fraction of sp³-hybridized carbons (Fsp3) is 0. The monoisotopic (exact) mass is 664 g/mol. The summed E-state index contributed by atoms with van der Waals surface area (Å²) in [6, 6.07) is 60.2.